The molecule has 1 N–H and O–H groups in total. The van der Waals surface area contributed by atoms with Gasteiger partial charge in [-0.2, -0.15) is 5.26 Å². The van der Waals surface area contributed by atoms with Gasteiger partial charge in [0.15, 0.2) is 11.5 Å². The lowest BCUT2D eigenvalue weighted by molar-refractivity contribution is 0.318. The smallest absolute Gasteiger partial charge is 0.161 e. The summed E-state index contributed by atoms with van der Waals surface area (Å²) in [5.41, 5.74) is 4.32. The first-order chi connectivity index (χ1) is 12.6. The molecule has 3 aromatic rings. The Morgan fingerprint density at radius 3 is 2.73 bits per heavy atom. The Morgan fingerprint density at radius 2 is 2.04 bits per heavy atom. The first kappa shape index (κ1) is 17.7. The minimum Gasteiger partial charge on any atom is -0.504 e. The summed E-state index contributed by atoms with van der Waals surface area (Å²) in [7, 11) is 0. The summed E-state index contributed by atoms with van der Waals surface area (Å²) >= 11 is 1.44. The average molecular weight is 362 g/mol. The van der Waals surface area contributed by atoms with Gasteiger partial charge < -0.3 is 9.84 Å². The topological polar surface area (TPSA) is 66.1 Å². The number of hydrogen-bond donors (Lipinski definition) is 1. The van der Waals surface area contributed by atoms with Crippen LogP contribution in [0.15, 0.2) is 47.8 Å². The van der Waals surface area contributed by atoms with E-state index < -0.39 is 0 Å². The van der Waals surface area contributed by atoms with Gasteiger partial charge in [0.2, 0.25) is 0 Å². The molecular formula is C21H18N2O2S. The maximum Gasteiger partial charge on any atom is 0.161 e. The Hall–Kier alpha value is -3.10. The predicted molar refractivity (Wildman–Crippen MR) is 105 cm³/mol. The summed E-state index contributed by atoms with van der Waals surface area (Å²) in [6, 6.07) is 15.4. The van der Waals surface area contributed by atoms with E-state index in [2.05, 4.69) is 11.1 Å². The second-order valence-electron chi connectivity index (χ2n) is 5.73. The zero-order valence-corrected chi connectivity index (χ0v) is 15.4. The zero-order valence-electron chi connectivity index (χ0n) is 14.6. The molecule has 1 heterocycles. The largest absolute Gasteiger partial charge is 0.504 e. The second kappa shape index (κ2) is 7.85. The molecule has 2 aromatic carbocycles. The predicted octanol–water partition coefficient (Wildman–Crippen LogP) is 5.29. The van der Waals surface area contributed by atoms with Crippen LogP contribution < -0.4 is 4.74 Å². The minimum atomic E-state index is 0.0819. The third-order valence-electron chi connectivity index (χ3n) is 3.80. The summed E-state index contributed by atoms with van der Waals surface area (Å²) in [6.07, 6.45) is 1.75. The SMILES string of the molecule is CCOc1cc(/C=C(/C#N)c2nc(-c3ccc(C)cc3)cs2)ccc1O. The van der Waals surface area contributed by atoms with Crippen molar-refractivity contribution in [2.75, 3.05) is 6.61 Å². The monoisotopic (exact) mass is 362 g/mol. The second-order valence-corrected chi connectivity index (χ2v) is 6.59. The molecule has 0 spiro atoms. The van der Waals surface area contributed by atoms with Gasteiger partial charge in [0.05, 0.1) is 17.9 Å². The molecule has 4 nitrogen and oxygen atoms in total. The van der Waals surface area contributed by atoms with Crippen molar-refractivity contribution in [2.24, 2.45) is 0 Å². The molecule has 1 aromatic heterocycles. The number of aryl methyl sites for hydroxylation is 1. The van der Waals surface area contributed by atoms with Gasteiger partial charge in [0, 0.05) is 10.9 Å². The summed E-state index contributed by atoms with van der Waals surface area (Å²) in [5, 5.41) is 22.0. The van der Waals surface area contributed by atoms with E-state index in [0.29, 0.717) is 22.9 Å². The third kappa shape index (κ3) is 3.93. The highest BCUT2D eigenvalue weighted by atomic mass is 32.1. The van der Waals surface area contributed by atoms with Crippen LogP contribution in [0.1, 0.15) is 23.1 Å². The van der Waals surface area contributed by atoms with Gasteiger partial charge in [-0.15, -0.1) is 11.3 Å². The molecule has 0 amide bonds. The van der Waals surface area contributed by atoms with Crippen molar-refractivity contribution in [3.8, 4) is 28.8 Å². The number of hydrogen-bond acceptors (Lipinski definition) is 5. The molecule has 130 valence electrons. The Bertz CT molecular complexity index is 982. The quantitative estimate of drug-likeness (QED) is 0.627. The molecule has 0 fully saturated rings. The molecule has 0 radical (unpaired) electrons. The molecule has 0 unspecified atom stereocenters. The maximum atomic E-state index is 9.80. The summed E-state index contributed by atoms with van der Waals surface area (Å²) in [5.74, 6) is 0.483. The Balaban J connectivity index is 1.92. The molecule has 0 aliphatic carbocycles. The van der Waals surface area contributed by atoms with Crippen LogP contribution in [0, 0.1) is 18.3 Å². The number of aromatic hydroxyl groups is 1. The standard InChI is InChI=1S/C21H18N2O2S/c1-3-25-20-11-15(6-9-19(20)24)10-17(12-22)21-23-18(13-26-21)16-7-4-14(2)5-8-16/h4-11,13,24H,3H2,1-2H3/b17-10-. The van der Waals surface area contributed by atoms with Crippen LogP contribution in [-0.2, 0) is 0 Å². The Kier molecular flexibility index (Phi) is 5.35. The highest BCUT2D eigenvalue weighted by Crippen LogP contribution is 2.30. The summed E-state index contributed by atoms with van der Waals surface area (Å²) < 4.78 is 5.39. The van der Waals surface area contributed by atoms with Crippen molar-refractivity contribution in [2.45, 2.75) is 13.8 Å². The molecule has 0 saturated carbocycles. The van der Waals surface area contributed by atoms with Crippen molar-refractivity contribution >= 4 is 23.0 Å². The lowest BCUT2D eigenvalue weighted by atomic mass is 10.1. The van der Waals surface area contributed by atoms with Gasteiger partial charge in [-0.3, -0.25) is 0 Å². The number of phenolic OH excluding ortho intramolecular Hbond substituents is 1. The van der Waals surface area contributed by atoms with E-state index in [-0.39, 0.29) is 5.75 Å². The molecule has 26 heavy (non-hydrogen) atoms. The highest BCUT2D eigenvalue weighted by Gasteiger charge is 2.10. The van der Waals surface area contributed by atoms with Crippen molar-refractivity contribution in [1.29, 1.82) is 5.26 Å². The summed E-state index contributed by atoms with van der Waals surface area (Å²) in [4.78, 5) is 4.60. The van der Waals surface area contributed by atoms with Crippen molar-refractivity contribution < 1.29 is 9.84 Å². The average Bonchev–Trinajstić information content (AvgIpc) is 3.13. The number of ether oxygens (including phenoxy) is 1. The fourth-order valence-corrected chi connectivity index (χ4v) is 3.25. The summed E-state index contributed by atoms with van der Waals surface area (Å²) in [6.45, 7) is 4.35. The number of allylic oxidation sites excluding steroid dienone is 1. The van der Waals surface area contributed by atoms with Crippen molar-refractivity contribution in [3.63, 3.8) is 0 Å². The molecule has 3 rings (SSSR count). The zero-order chi connectivity index (χ0) is 18.5. The van der Waals surface area contributed by atoms with Crippen LogP contribution in [0.25, 0.3) is 22.9 Å². The van der Waals surface area contributed by atoms with Gasteiger partial charge in [-0.05, 0) is 37.6 Å². The van der Waals surface area contributed by atoms with Crippen LogP contribution in [-0.4, -0.2) is 16.7 Å². The molecular weight excluding hydrogens is 344 g/mol. The fraction of sp³-hybridized carbons (Fsp3) is 0.143. The number of thiazole rings is 1. The number of aromatic nitrogens is 1. The fourth-order valence-electron chi connectivity index (χ4n) is 2.45. The Morgan fingerprint density at radius 1 is 1.27 bits per heavy atom. The van der Waals surface area contributed by atoms with Gasteiger partial charge in [-0.1, -0.05) is 35.9 Å². The van der Waals surface area contributed by atoms with Gasteiger partial charge in [0.1, 0.15) is 11.1 Å². The lowest BCUT2D eigenvalue weighted by Gasteiger charge is -2.06. The molecule has 0 aliphatic heterocycles. The number of nitrogens with zero attached hydrogens (tertiary/aromatic N) is 2. The van der Waals surface area contributed by atoms with E-state index in [4.69, 9.17) is 4.74 Å². The van der Waals surface area contributed by atoms with E-state index in [9.17, 15) is 10.4 Å². The maximum absolute atomic E-state index is 9.80. The normalized spacial score (nSPS) is 11.2. The van der Waals surface area contributed by atoms with E-state index in [1.807, 2.05) is 43.5 Å². The van der Waals surface area contributed by atoms with Crippen LogP contribution in [0.4, 0.5) is 0 Å². The van der Waals surface area contributed by atoms with E-state index in [0.717, 1.165) is 16.8 Å². The number of phenols is 1. The highest BCUT2D eigenvalue weighted by molar-refractivity contribution is 7.11. The van der Waals surface area contributed by atoms with Crippen molar-refractivity contribution in [3.05, 3.63) is 64.0 Å². The van der Waals surface area contributed by atoms with Crippen molar-refractivity contribution in [1.82, 2.24) is 4.98 Å². The minimum absolute atomic E-state index is 0.0819. The van der Waals surface area contributed by atoms with E-state index in [1.54, 1.807) is 24.3 Å². The van der Waals surface area contributed by atoms with Crippen LogP contribution in [0.3, 0.4) is 0 Å². The molecule has 0 saturated heterocycles. The van der Waals surface area contributed by atoms with Gasteiger partial charge >= 0.3 is 0 Å². The first-order valence-corrected chi connectivity index (χ1v) is 9.09. The first-order valence-electron chi connectivity index (χ1n) is 8.21. The van der Waals surface area contributed by atoms with E-state index >= 15 is 0 Å². The Labute approximate surface area is 156 Å². The number of rotatable bonds is 5. The molecule has 0 atom stereocenters. The lowest BCUT2D eigenvalue weighted by Crippen LogP contribution is -1.92. The number of nitriles is 1. The third-order valence-corrected chi connectivity index (χ3v) is 4.67. The van der Waals surface area contributed by atoms with Gasteiger partial charge in [-0.25, -0.2) is 4.98 Å². The number of benzene rings is 2. The van der Waals surface area contributed by atoms with E-state index in [1.165, 1.54) is 16.9 Å². The van der Waals surface area contributed by atoms with Crippen LogP contribution in [0.2, 0.25) is 0 Å². The van der Waals surface area contributed by atoms with Crippen LogP contribution in [0.5, 0.6) is 11.5 Å². The molecule has 0 aliphatic rings. The van der Waals surface area contributed by atoms with Crippen LogP contribution >= 0.6 is 11.3 Å². The molecule has 5 heteroatoms. The van der Waals surface area contributed by atoms with Gasteiger partial charge in [0.25, 0.3) is 0 Å². The molecule has 0 bridgehead atoms.